The normalized spacial score (nSPS) is 18.4. The van der Waals surface area contributed by atoms with E-state index in [1.165, 1.54) is 12.1 Å². The zero-order valence-corrected chi connectivity index (χ0v) is 12.8. The van der Waals surface area contributed by atoms with Gasteiger partial charge in [-0.05, 0) is 24.1 Å². The van der Waals surface area contributed by atoms with Crippen LogP contribution in [0.25, 0.3) is 0 Å². The van der Waals surface area contributed by atoms with Crippen LogP contribution in [-0.4, -0.2) is 43.6 Å². The molecule has 136 valence electrons. The van der Waals surface area contributed by atoms with Gasteiger partial charge >= 0.3 is 12.5 Å². The van der Waals surface area contributed by atoms with E-state index in [-0.39, 0.29) is 6.42 Å². The Morgan fingerprint density at radius 3 is 2.33 bits per heavy atom. The Balaban J connectivity index is 2.20. The largest absolute Gasteiger partial charge is 0.573 e. The van der Waals surface area contributed by atoms with Crippen molar-refractivity contribution in [3.8, 4) is 5.75 Å². The van der Waals surface area contributed by atoms with E-state index in [2.05, 4.69) is 10.1 Å². The first-order valence-electron chi connectivity index (χ1n) is 7.51. The highest BCUT2D eigenvalue weighted by atomic mass is 19.4. The van der Waals surface area contributed by atoms with Gasteiger partial charge in [-0.15, -0.1) is 13.2 Å². The summed E-state index contributed by atoms with van der Waals surface area (Å²) in [6, 6.07) is 4.59. The number of alkyl halides is 6. The van der Waals surface area contributed by atoms with Crippen LogP contribution >= 0.6 is 0 Å². The molecule has 1 aliphatic heterocycles. The highest BCUT2D eigenvalue weighted by Crippen LogP contribution is 2.34. The number of ether oxygens (including phenoxy) is 1. The molecule has 1 aliphatic rings. The van der Waals surface area contributed by atoms with Gasteiger partial charge in [0, 0.05) is 38.6 Å². The van der Waals surface area contributed by atoms with Crippen molar-refractivity contribution < 1.29 is 31.1 Å². The molecule has 24 heavy (non-hydrogen) atoms. The van der Waals surface area contributed by atoms with E-state index in [1.807, 2.05) is 4.90 Å². The molecule has 1 aromatic rings. The van der Waals surface area contributed by atoms with Crippen molar-refractivity contribution in [3.63, 3.8) is 0 Å². The first kappa shape index (κ1) is 18.9. The van der Waals surface area contributed by atoms with Crippen LogP contribution in [0.5, 0.6) is 5.75 Å². The number of rotatable bonds is 5. The fourth-order valence-corrected chi connectivity index (χ4v) is 2.77. The number of hydrogen-bond donors (Lipinski definition) is 1. The number of nitrogens with zero attached hydrogens (tertiary/aromatic N) is 1. The van der Waals surface area contributed by atoms with Gasteiger partial charge in [0.25, 0.3) is 0 Å². The smallest absolute Gasteiger partial charge is 0.406 e. The minimum Gasteiger partial charge on any atom is -0.406 e. The van der Waals surface area contributed by atoms with Crippen LogP contribution in [0.4, 0.5) is 26.3 Å². The lowest BCUT2D eigenvalue weighted by Gasteiger charge is -2.35. The Morgan fingerprint density at radius 1 is 1.08 bits per heavy atom. The van der Waals surface area contributed by atoms with Crippen LogP contribution in [0, 0.1) is 0 Å². The molecule has 1 fully saturated rings. The molecule has 3 nitrogen and oxygen atoms in total. The highest BCUT2D eigenvalue weighted by Gasteiger charge is 2.33. The fraction of sp³-hybridized carbons (Fsp3) is 0.600. The third kappa shape index (κ3) is 6.20. The molecule has 1 saturated heterocycles. The van der Waals surface area contributed by atoms with Crippen molar-refractivity contribution in [1.82, 2.24) is 10.2 Å². The molecule has 0 spiro atoms. The summed E-state index contributed by atoms with van der Waals surface area (Å²) in [6.45, 7) is 2.32. The molecule has 0 amide bonds. The second-order valence-corrected chi connectivity index (χ2v) is 5.58. The number of hydrogen-bond acceptors (Lipinski definition) is 3. The van der Waals surface area contributed by atoms with E-state index in [9.17, 15) is 26.3 Å². The third-order valence-electron chi connectivity index (χ3n) is 3.77. The molecule has 1 atom stereocenters. The van der Waals surface area contributed by atoms with E-state index in [0.29, 0.717) is 31.7 Å². The lowest BCUT2D eigenvalue weighted by Crippen LogP contribution is -2.45. The Morgan fingerprint density at radius 2 is 1.75 bits per heavy atom. The maximum Gasteiger partial charge on any atom is 0.573 e. The molecular formula is C15H18F6N2O. The van der Waals surface area contributed by atoms with E-state index < -0.39 is 30.8 Å². The third-order valence-corrected chi connectivity index (χ3v) is 3.77. The molecule has 1 heterocycles. The lowest BCUT2D eigenvalue weighted by atomic mass is 9.99. The van der Waals surface area contributed by atoms with Crippen molar-refractivity contribution in [1.29, 1.82) is 0 Å². The maximum absolute atomic E-state index is 12.6. The van der Waals surface area contributed by atoms with Crippen LogP contribution in [0.3, 0.4) is 0 Å². The molecule has 0 saturated carbocycles. The predicted molar refractivity (Wildman–Crippen MR) is 75.6 cm³/mol. The molecule has 9 heteroatoms. The van der Waals surface area contributed by atoms with Gasteiger partial charge in [0.05, 0.1) is 0 Å². The topological polar surface area (TPSA) is 24.5 Å². The molecule has 1 N–H and O–H groups in total. The molecule has 0 unspecified atom stereocenters. The van der Waals surface area contributed by atoms with Gasteiger partial charge in [-0.2, -0.15) is 13.2 Å². The summed E-state index contributed by atoms with van der Waals surface area (Å²) >= 11 is 0. The minimum atomic E-state index is -4.84. The van der Waals surface area contributed by atoms with Gasteiger partial charge in [-0.1, -0.05) is 12.1 Å². The Bertz CT molecular complexity index is 525. The quantitative estimate of drug-likeness (QED) is 0.811. The second kappa shape index (κ2) is 7.60. The van der Waals surface area contributed by atoms with Crippen molar-refractivity contribution in [3.05, 3.63) is 29.8 Å². The summed E-state index contributed by atoms with van der Waals surface area (Å²) in [5, 5.41) is 3.10. The Hall–Kier alpha value is -1.48. The second-order valence-electron chi connectivity index (χ2n) is 5.58. The average molecular weight is 356 g/mol. The summed E-state index contributed by atoms with van der Waals surface area (Å²) in [5.74, 6) is -0.424. The summed E-state index contributed by atoms with van der Waals surface area (Å²) in [6.07, 6.45) is -10.4. The van der Waals surface area contributed by atoms with Gasteiger partial charge in [0.15, 0.2) is 0 Å². The standard InChI is InChI=1S/C15H18F6N2O/c16-14(17,18)5-4-13(23-8-6-22-7-9-23)11-2-1-3-12(10-11)24-15(19,20)21/h1-3,10,13,22H,4-9H2/t13-/m0/s1. The Kier molecular flexibility index (Phi) is 5.97. The van der Waals surface area contributed by atoms with Crippen molar-refractivity contribution >= 4 is 0 Å². The monoisotopic (exact) mass is 356 g/mol. The zero-order valence-electron chi connectivity index (χ0n) is 12.8. The van der Waals surface area contributed by atoms with Gasteiger partial charge < -0.3 is 10.1 Å². The predicted octanol–water partition coefficient (Wildman–Crippen LogP) is 3.87. The molecule has 0 aliphatic carbocycles. The van der Waals surface area contributed by atoms with Gasteiger partial charge in [0.1, 0.15) is 5.75 Å². The number of halogens is 6. The zero-order chi connectivity index (χ0) is 17.8. The van der Waals surface area contributed by atoms with Crippen LogP contribution in [0.2, 0.25) is 0 Å². The van der Waals surface area contributed by atoms with Gasteiger partial charge in [-0.25, -0.2) is 0 Å². The highest BCUT2D eigenvalue weighted by molar-refractivity contribution is 5.31. The fourth-order valence-electron chi connectivity index (χ4n) is 2.77. The van der Waals surface area contributed by atoms with Crippen LogP contribution < -0.4 is 10.1 Å². The lowest BCUT2D eigenvalue weighted by molar-refractivity contribution is -0.274. The molecule has 0 radical (unpaired) electrons. The maximum atomic E-state index is 12.6. The van der Waals surface area contributed by atoms with E-state index in [0.717, 1.165) is 12.1 Å². The van der Waals surface area contributed by atoms with E-state index >= 15 is 0 Å². The summed E-state index contributed by atoms with van der Waals surface area (Å²) in [4.78, 5) is 1.86. The van der Waals surface area contributed by atoms with Crippen molar-refractivity contribution in [2.75, 3.05) is 26.2 Å². The first-order chi connectivity index (χ1) is 11.1. The molecule has 0 aromatic heterocycles. The molecule has 0 bridgehead atoms. The molecule has 2 rings (SSSR count). The Labute approximate surface area is 135 Å². The van der Waals surface area contributed by atoms with E-state index in [1.54, 1.807) is 0 Å². The SMILES string of the molecule is FC(F)(F)CC[C@@H](c1cccc(OC(F)(F)F)c1)N1CCNCC1. The van der Waals surface area contributed by atoms with Crippen molar-refractivity contribution in [2.45, 2.75) is 31.4 Å². The van der Waals surface area contributed by atoms with Crippen LogP contribution in [0.15, 0.2) is 24.3 Å². The number of piperazine rings is 1. The van der Waals surface area contributed by atoms with Crippen LogP contribution in [-0.2, 0) is 0 Å². The summed E-state index contributed by atoms with van der Waals surface area (Å²) in [7, 11) is 0. The van der Waals surface area contributed by atoms with Gasteiger partial charge in [0.2, 0.25) is 0 Å². The molecular weight excluding hydrogens is 338 g/mol. The number of benzene rings is 1. The average Bonchev–Trinajstić information content (AvgIpc) is 2.46. The van der Waals surface area contributed by atoms with Crippen LogP contribution in [0.1, 0.15) is 24.4 Å². The van der Waals surface area contributed by atoms with Crippen molar-refractivity contribution in [2.24, 2.45) is 0 Å². The summed E-state index contributed by atoms with van der Waals surface area (Å²) < 4.78 is 78.7. The number of nitrogens with one attached hydrogen (secondary N) is 1. The van der Waals surface area contributed by atoms with Gasteiger partial charge in [-0.3, -0.25) is 4.90 Å². The molecule has 1 aromatic carbocycles. The summed E-state index contributed by atoms with van der Waals surface area (Å²) in [5.41, 5.74) is 0.392. The first-order valence-corrected chi connectivity index (χ1v) is 7.51. The minimum absolute atomic E-state index is 0.209. The van der Waals surface area contributed by atoms with E-state index in [4.69, 9.17) is 0 Å².